The van der Waals surface area contributed by atoms with E-state index >= 15 is 0 Å². The highest BCUT2D eigenvalue weighted by Gasteiger charge is 2.30. The Labute approximate surface area is 271 Å². The highest BCUT2D eigenvalue weighted by atomic mass is 32.1. The number of carbonyl (C=O) groups excluding carboxylic acids is 2. The van der Waals surface area contributed by atoms with Crippen molar-refractivity contribution in [2.75, 3.05) is 44.9 Å². The van der Waals surface area contributed by atoms with E-state index in [-0.39, 0.29) is 29.4 Å². The van der Waals surface area contributed by atoms with Crippen molar-refractivity contribution in [1.29, 1.82) is 0 Å². The lowest BCUT2D eigenvalue weighted by molar-refractivity contribution is 0.0905. The zero-order chi connectivity index (χ0) is 32.5. The first-order valence-electron chi connectivity index (χ1n) is 15.6. The molecule has 4 N–H and O–H groups in total. The van der Waals surface area contributed by atoms with Gasteiger partial charge in [-0.1, -0.05) is 6.07 Å². The van der Waals surface area contributed by atoms with Crippen LogP contribution < -0.4 is 26.0 Å². The molecular formula is C32H40FN9O3S. The topological polar surface area (TPSA) is 143 Å². The van der Waals surface area contributed by atoms with Gasteiger partial charge in [0.05, 0.1) is 22.0 Å². The van der Waals surface area contributed by atoms with E-state index in [4.69, 9.17) is 10.5 Å². The summed E-state index contributed by atoms with van der Waals surface area (Å²) in [6.07, 6.45) is 7.03. The number of hydrogen-bond donors (Lipinski definition) is 3. The number of halogens is 1. The third-order valence-corrected chi connectivity index (χ3v) is 9.91. The van der Waals surface area contributed by atoms with Crippen molar-refractivity contribution in [1.82, 2.24) is 35.1 Å². The molecule has 244 valence electrons. The smallest absolute Gasteiger partial charge is 0.267 e. The van der Waals surface area contributed by atoms with E-state index in [0.29, 0.717) is 40.1 Å². The molecule has 2 aliphatic rings. The van der Waals surface area contributed by atoms with Gasteiger partial charge in [0.15, 0.2) is 10.7 Å². The minimum absolute atomic E-state index is 0.0440. The summed E-state index contributed by atoms with van der Waals surface area (Å²) in [6, 6.07) is 6.77. The monoisotopic (exact) mass is 649 g/mol. The van der Waals surface area contributed by atoms with Gasteiger partial charge in [0.1, 0.15) is 23.8 Å². The fourth-order valence-electron chi connectivity index (χ4n) is 6.52. The number of hydrogen-bond acceptors (Lipinski definition) is 10. The number of carbonyl (C=O) groups is 2. The summed E-state index contributed by atoms with van der Waals surface area (Å²) in [7, 11) is 5.68. The molecule has 4 aromatic rings. The predicted molar refractivity (Wildman–Crippen MR) is 176 cm³/mol. The lowest BCUT2D eigenvalue weighted by atomic mass is 9.92. The summed E-state index contributed by atoms with van der Waals surface area (Å²) >= 11 is 1.35. The minimum Gasteiger partial charge on any atom is -0.473 e. The van der Waals surface area contributed by atoms with Crippen LogP contribution in [0.25, 0.3) is 16.8 Å². The predicted octanol–water partition coefficient (Wildman–Crippen LogP) is 3.89. The number of thiazole rings is 1. The van der Waals surface area contributed by atoms with Gasteiger partial charge in [0.2, 0.25) is 5.88 Å². The highest BCUT2D eigenvalue weighted by Crippen LogP contribution is 2.36. The summed E-state index contributed by atoms with van der Waals surface area (Å²) in [5.41, 5.74) is 8.84. The van der Waals surface area contributed by atoms with Gasteiger partial charge in [0.25, 0.3) is 11.8 Å². The Bertz CT molecular complexity index is 1750. The Balaban J connectivity index is 1.20. The van der Waals surface area contributed by atoms with Crippen molar-refractivity contribution < 1.29 is 18.7 Å². The molecule has 1 saturated heterocycles. The summed E-state index contributed by atoms with van der Waals surface area (Å²) < 4.78 is 22.9. The molecule has 1 aromatic carbocycles. The molecule has 2 fully saturated rings. The third kappa shape index (κ3) is 6.36. The SMILES string of the molecule is CNC(=O)c1ccc(-c2cc(N3CCC[C@@H](NC(=O)c4sc(C)nc4OC4CCC(N(C)C)CC4)C3)c3c(N)ncnn23)cc1F. The molecule has 0 unspecified atom stereocenters. The maximum absolute atomic E-state index is 14.9. The van der Waals surface area contributed by atoms with E-state index in [0.717, 1.165) is 55.8 Å². The summed E-state index contributed by atoms with van der Waals surface area (Å²) in [5, 5.41) is 10.9. The Kier molecular flexibility index (Phi) is 9.09. The van der Waals surface area contributed by atoms with Crippen LogP contribution in [0.4, 0.5) is 15.9 Å². The van der Waals surface area contributed by atoms with Gasteiger partial charge in [-0.15, -0.1) is 11.3 Å². The first kappa shape index (κ1) is 31.7. The number of fused-ring (bicyclic) bond motifs is 1. The van der Waals surface area contributed by atoms with E-state index < -0.39 is 11.7 Å². The number of piperidine rings is 1. The summed E-state index contributed by atoms with van der Waals surface area (Å²) in [6.45, 7) is 3.15. The summed E-state index contributed by atoms with van der Waals surface area (Å²) in [5.74, 6) is -0.627. The molecule has 6 rings (SSSR count). The Morgan fingerprint density at radius 1 is 1.13 bits per heavy atom. The van der Waals surface area contributed by atoms with Crippen LogP contribution in [0.15, 0.2) is 30.6 Å². The molecule has 4 heterocycles. The number of amides is 2. The highest BCUT2D eigenvalue weighted by molar-refractivity contribution is 7.13. The van der Waals surface area contributed by atoms with Gasteiger partial charge >= 0.3 is 0 Å². The molecule has 1 aliphatic heterocycles. The van der Waals surface area contributed by atoms with Crippen LogP contribution >= 0.6 is 11.3 Å². The van der Waals surface area contributed by atoms with Crippen molar-refractivity contribution in [3.8, 4) is 17.1 Å². The van der Waals surface area contributed by atoms with Crippen LogP contribution in [-0.4, -0.2) is 88.7 Å². The van der Waals surface area contributed by atoms with E-state index in [1.807, 2.05) is 13.0 Å². The number of nitrogens with two attached hydrogens (primary N) is 1. The number of nitrogens with one attached hydrogen (secondary N) is 2. The average Bonchev–Trinajstić information content (AvgIpc) is 3.62. The molecule has 3 aromatic heterocycles. The Morgan fingerprint density at radius 3 is 2.63 bits per heavy atom. The number of rotatable bonds is 8. The fourth-order valence-corrected chi connectivity index (χ4v) is 7.28. The molecule has 12 nitrogen and oxygen atoms in total. The second-order valence-electron chi connectivity index (χ2n) is 12.2. The molecule has 1 aliphatic carbocycles. The van der Waals surface area contributed by atoms with Crippen LogP contribution in [0, 0.1) is 12.7 Å². The Morgan fingerprint density at radius 2 is 1.91 bits per heavy atom. The van der Waals surface area contributed by atoms with Crippen LogP contribution in [0.3, 0.4) is 0 Å². The van der Waals surface area contributed by atoms with Crippen LogP contribution in [0.2, 0.25) is 0 Å². The number of aryl methyl sites for hydroxylation is 1. The van der Waals surface area contributed by atoms with Crippen molar-refractivity contribution in [2.24, 2.45) is 0 Å². The summed E-state index contributed by atoms with van der Waals surface area (Å²) in [4.78, 5) is 39.4. The van der Waals surface area contributed by atoms with Crippen LogP contribution in [-0.2, 0) is 0 Å². The van der Waals surface area contributed by atoms with Gasteiger partial charge in [-0.3, -0.25) is 9.59 Å². The normalized spacial score (nSPS) is 20.2. The molecule has 0 bridgehead atoms. The lowest BCUT2D eigenvalue weighted by Crippen LogP contribution is -2.47. The molecule has 1 atom stereocenters. The number of anilines is 2. The molecule has 46 heavy (non-hydrogen) atoms. The number of nitrogens with zero attached hydrogens (tertiary/aromatic N) is 6. The Hall–Kier alpha value is -4.30. The molecule has 1 saturated carbocycles. The van der Waals surface area contributed by atoms with Crippen molar-refractivity contribution in [3.05, 3.63) is 51.9 Å². The lowest BCUT2D eigenvalue weighted by Gasteiger charge is -2.34. The van der Waals surface area contributed by atoms with Gasteiger partial charge in [0, 0.05) is 37.8 Å². The molecule has 0 radical (unpaired) electrons. The first-order chi connectivity index (χ1) is 22.1. The van der Waals surface area contributed by atoms with Crippen molar-refractivity contribution in [2.45, 2.75) is 63.6 Å². The second-order valence-corrected chi connectivity index (χ2v) is 13.4. The van der Waals surface area contributed by atoms with Gasteiger partial charge in [-0.25, -0.2) is 18.9 Å². The number of benzene rings is 1. The van der Waals surface area contributed by atoms with E-state index in [9.17, 15) is 14.0 Å². The van der Waals surface area contributed by atoms with Crippen molar-refractivity contribution in [3.63, 3.8) is 0 Å². The van der Waals surface area contributed by atoms with Crippen molar-refractivity contribution >= 4 is 40.2 Å². The number of aromatic nitrogens is 4. The minimum atomic E-state index is -0.640. The standard InChI is InChI=1S/C32H40FN9O3S/c1-18-38-32(45-22-10-8-21(9-11-22)40(3)4)28(46-18)31(44)39-20-6-5-13-41(16-20)26-15-25(42-27(26)29(34)36-17-37-42)19-7-12-23(24(33)14-19)30(43)35-2/h7,12,14-15,17,20-22H,5-6,8-11,13,16H2,1-4H3,(H,35,43)(H,39,44)(H2,34,36,37)/t20-,21?,22?/m1/s1. The average molecular weight is 650 g/mol. The first-order valence-corrected chi connectivity index (χ1v) is 16.4. The largest absolute Gasteiger partial charge is 0.473 e. The molecule has 14 heteroatoms. The zero-order valence-electron chi connectivity index (χ0n) is 26.5. The third-order valence-electron chi connectivity index (χ3n) is 8.96. The second kappa shape index (κ2) is 13.2. The van der Waals surface area contributed by atoms with Gasteiger partial charge < -0.3 is 30.9 Å². The molecule has 2 amide bonds. The zero-order valence-corrected chi connectivity index (χ0v) is 27.4. The van der Waals surface area contributed by atoms with E-state index in [2.05, 4.69) is 49.6 Å². The molecular weight excluding hydrogens is 609 g/mol. The quantitative estimate of drug-likeness (QED) is 0.259. The number of ether oxygens (including phenoxy) is 1. The molecule has 0 spiro atoms. The van der Waals surface area contributed by atoms with Crippen LogP contribution in [0.5, 0.6) is 5.88 Å². The van der Waals surface area contributed by atoms with Crippen LogP contribution in [0.1, 0.15) is 63.6 Å². The maximum Gasteiger partial charge on any atom is 0.267 e. The van der Waals surface area contributed by atoms with E-state index in [1.165, 1.54) is 36.8 Å². The number of nitrogen functional groups attached to an aromatic ring is 1. The maximum atomic E-state index is 14.9. The van der Waals surface area contributed by atoms with E-state index in [1.54, 1.807) is 10.6 Å². The fraction of sp³-hybridized carbons (Fsp3) is 0.469. The van der Waals surface area contributed by atoms with Gasteiger partial charge in [-0.05, 0) is 77.7 Å². The van der Waals surface area contributed by atoms with Gasteiger partial charge in [-0.2, -0.15) is 5.10 Å².